The Hall–Kier alpha value is -2.49. The topological polar surface area (TPSA) is 113 Å². The average molecular weight is 397 g/mol. The number of carbonyl (C=O) groups is 3. The highest BCUT2D eigenvalue weighted by Gasteiger charge is 2.39. The lowest BCUT2D eigenvalue weighted by Gasteiger charge is -2.14. The van der Waals surface area contributed by atoms with Gasteiger partial charge in [-0.25, -0.2) is 17.6 Å². The van der Waals surface area contributed by atoms with Crippen molar-refractivity contribution < 1.29 is 27.2 Å². The van der Waals surface area contributed by atoms with Crippen molar-refractivity contribution >= 4 is 27.7 Å². The third kappa shape index (κ3) is 4.82. The van der Waals surface area contributed by atoms with Crippen LogP contribution in [0.15, 0.2) is 24.3 Å². The maximum atomic E-state index is 13.2. The van der Waals surface area contributed by atoms with Crippen LogP contribution in [0.25, 0.3) is 0 Å². The van der Waals surface area contributed by atoms with E-state index in [2.05, 4.69) is 10.6 Å². The standard InChI is InChI=1S/C17H20FN3O5S/c18-12-3-1-2-11(8-12)4-6-21-16(23)14(20-17(21)24)9-15(22)19-13-5-7-27(25,26)10-13/h1-3,8,13-14H,4-7,9-10H2,(H,19,22)(H,20,24)/t13-,14-/m1/s1. The molecule has 0 bridgehead atoms. The van der Waals surface area contributed by atoms with E-state index in [1.165, 1.54) is 12.1 Å². The number of sulfone groups is 1. The fourth-order valence-corrected chi connectivity index (χ4v) is 4.91. The van der Waals surface area contributed by atoms with Gasteiger partial charge < -0.3 is 10.6 Å². The van der Waals surface area contributed by atoms with Crippen LogP contribution < -0.4 is 10.6 Å². The average Bonchev–Trinajstić information content (AvgIpc) is 3.04. The monoisotopic (exact) mass is 397 g/mol. The van der Waals surface area contributed by atoms with Gasteiger partial charge in [0.15, 0.2) is 9.84 Å². The molecule has 0 saturated carbocycles. The van der Waals surface area contributed by atoms with Crippen molar-refractivity contribution in [2.45, 2.75) is 31.3 Å². The highest BCUT2D eigenvalue weighted by Crippen LogP contribution is 2.14. The molecule has 2 aliphatic heterocycles. The normalized spacial score (nSPS) is 24.1. The number of rotatable bonds is 6. The molecule has 0 unspecified atom stereocenters. The zero-order chi connectivity index (χ0) is 19.6. The number of imide groups is 1. The molecule has 2 aliphatic rings. The van der Waals surface area contributed by atoms with E-state index in [9.17, 15) is 27.2 Å². The first kappa shape index (κ1) is 19.3. The molecule has 4 amide bonds. The summed E-state index contributed by atoms with van der Waals surface area (Å²) in [7, 11) is -3.12. The molecule has 0 aromatic heterocycles. The third-order valence-electron chi connectivity index (χ3n) is 4.61. The molecular weight excluding hydrogens is 377 g/mol. The lowest BCUT2D eigenvalue weighted by molar-refractivity contribution is -0.131. The fourth-order valence-electron chi connectivity index (χ4n) is 3.24. The van der Waals surface area contributed by atoms with E-state index in [1.54, 1.807) is 12.1 Å². The summed E-state index contributed by atoms with van der Waals surface area (Å²) < 4.78 is 36.0. The van der Waals surface area contributed by atoms with Gasteiger partial charge in [0.1, 0.15) is 11.9 Å². The van der Waals surface area contributed by atoms with Gasteiger partial charge in [-0.2, -0.15) is 0 Å². The van der Waals surface area contributed by atoms with Gasteiger partial charge in [0.25, 0.3) is 5.91 Å². The molecule has 1 aromatic rings. The van der Waals surface area contributed by atoms with Crippen LogP contribution in [0.4, 0.5) is 9.18 Å². The van der Waals surface area contributed by atoms with Gasteiger partial charge in [0.2, 0.25) is 5.91 Å². The summed E-state index contributed by atoms with van der Waals surface area (Å²) in [4.78, 5) is 37.5. The van der Waals surface area contributed by atoms with Crippen LogP contribution in [-0.2, 0) is 25.8 Å². The minimum absolute atomic E-state index is 0.0326. The number of halogens is 1. The molecular formula is C17H20FN3O5S. The number of nitrogens with one attached hydrogen (secondary N) is 2. The summed E-state index contributed by atoms with van der Waals surface area (Å²) in [6, 6.07) is 3.84. The largest absolute Gasteiger partial charge is 0.352 e. The molecule has 27 heavy (non-hydrogen) atoms. The van der Waals surface area contributed by atoms with E-state index in [4.69, 9.17) is 0 Å². The van der Waals surface area contributed by atoms with Crippen LogP contribution in [0.1, 0.15) is 18.4 Å². The highest BCUT2D eigenvalue weighted by molar-refractivity contribution is 7.91. The maximum Gasteiger partial charge on any atom is 0.324 e. The number of hydrogen-bond acceptors (Lipinski definition) is 5. The van der Waals surface area contributed by atoms with Gasteiger partial charge in [0.05, 0.1) is 17.9 Å². The van der Waals surface area contributed by atoms with Crippen molar-refractivity contribution in [2.24, 2.45) is 0 Å². The molecule has 0 spiro atoms. The Kier molecular flexibility index (Phi) is 5.45. The number of hydrogen-bond donors (Lipinski definition) is 2. The number of nitrogens with zero attached hydrogens (tertiary/aromatic N) is 1. The van der Waals surface area contributed by atoms with Crippen LogP contribution in [0.5, 0.6) is 0 Å². The Morgan fingerprint density at radius 1 is 1.33 bits per heavy atom. The van der Waals surface area contributed by atoms with E-state index in [-0.39, 0.29) is 24.5 Å². The second-order valence-corrected chi connectivity index (χ2v) is 8.97. The molecule has 2 saturated heterocycles. The summed E-state index contributed by atoms with van der Waals surface area (Å²) in [5.41, 5.74) is 0.652. The number of amides is 4. The van der Waals surface area contributed by atoms with Crippen molar-refractivity contribution in [3.05, 3.63) is 35.6 Å². The first-order chi connectivity index (χ1) is 12.7. The Morgan fingerprint density at radius 3 is 2.78 bits per heavy atom. The van der Waals surface area contributed by atoms with Crippen molar-refractivity contribution in [1.29, 1.82) is 0 Å². The zero-order valence-corrected chi connectivity index (χ0v) is 15.3. The Morgan fingerprint density at radius 2 is 2.11 bits per heavy atom. The zero-order valence-electron chi connectivity index (χ0n) is 14.5. The van der Waals surface area contributed by atoms with Gasteiger partial charge in [-0.3, -0.25) is 14.5 Å². The summed E-state index contributed by atoms with van der Waals surface area (Å²) in [5, 5.41) is 5.05. The van der Waals surface area contributed by atoms with E-state index in [1.807, 2.05) is 0 Å². The van der Waals surface area contributed by atoms with Crippen LogP contribution in [-0.4, -0.2) is 61.3 Å². The minimum Gasteiger partial charge on any atom is -0.352 e. The van der Waals surface area contributed by atoms with Crippen molar-refractivity contribution in [2.75, 3.05) is 18.1 Å². The van der Waals surface area contributed by atoms with E-state index in [0.29, 0.717) is 18.4 Å². The summed E-state index contributed by atoms with van der Waals surface area (Å²) in [6.45, 7) is 0.0765. The second kappa shape index (κ2) is 7.63. The third-order valence-corrected chi connectivity index (χ3v) is 6.38. The van der Waals surface area contributed by atoms with E-state index in [0.717, 1.165) is 4.90 Å². The van der Waals surface area contributed by atoms with Gasteiger partial charge in [0, 0.05) is 12.6 Å². The Bertz CT molecular complexity index is 873. The number of carbonyl (C=O) groups excluding carboxylic acids is 3. The maximum absolute atomic E-state index is 13.2. The minimum atomic E-state index is -3.12. The first-order valence-corrected chi connectivity index (χ1v) is 10.4. The summed E-state index contributed by atoms with van der Waals surface area (Å²) in [6.07, 6.45) is 0.395. The predicted octanol–water partition coefficient (Wildman–Crippen LogP) is -0.0180. The first-order valence-electron chi connectivity index (χ1n) is 8.59. The van der Waals surface area contributed by atoms with Crippen molar-refractivity contribution in [3.63, 3.8) is 0 Å². The molecule has 1 aromatic carbocycles. The molecule has 2 heterocycles. The number of urea groups is 1. The molecule has 0 radical (unpaired) electrons. The molecule has 10 heteroatoms. The van der Waals surface area contributed by atoms with Crippen LogP contribution in [0.3, 0.4) is 0 Å². The van der Waals surface area contributed by atoms with Crippen molar-refractivity contribution in [1.82, 2.24) is 15.5 Å². The predicted molar refractivity (Wildman–Crippen MR) is 94.0 cm³/mol. The van der Waals surface area contributed by atoms with Gasteiger partial charge in [-0.15, -0.1) is 0 Å². The Balaban J connectivity index is 1.52. The van der Waals surface area contributed by atoms with E-state index >= 15 is 0 Å². The van der Waals surface area contributed by atoms with Crippen molar-refractivity contribution in [3.8, 4) is 0 Å². The van der Waals surface area contributed by atoms with Gasteiger partial charge in [-0.1, -0.05) is 12.1 Å². The SMILES string of the molecule is O=C(C[C@H]1NC(=O)N(CCc2cccc(F)c2)C1=O)N[C@@H]1CCS(=O)(=O)C1. The molecule has 2 fully saturated rings. The van der Waals surface area contributed by atoms with Crippen LogP contribution >= 0.6 is 0 Å². The number of benzene rings is 1. The summed E-state index contributed by atoms with van der Waals surface area (Å²) >= 11 is 0. The molecule has 0 aliphatic carbocycles. The quantitative estimate of drug-likeness (QED) is 0.655. The molecule has 3 rings (SSSR count). The lowest BCUT2D eigenvalue weighted by atomic mass is 10.1. The summed E-state index contributed by atoms with van der Waals surface area (Å²) in [5.74, 6) is -1.48. The molecule has 2 atom stereocenters. The smallest absolute Gasteiger partial charge is 0.324 e. The van der Waals surface area contributed by atoms with Crippen LogP contribution in [0.2, 0.25) is 0 Å². The fraction of sp³-hybridized carbons (Fsp3) is 0.471. The van der Waals surface area contributed by atoms with Gasteiger partial charge in [-0.05, 0) is 30.5 Å². The highest BCUT2D eigenvalue weighted by atomic mass is 32.2. The van der Waals surface area contributed by atoms with Crippen LogP contribution in [0, 0.1) is 5.82 Å². The molecule has 146 valence electrons. The van der Waals surface area contributed by atoms with Gasteiger partial charge >= 0.3 is 6.03 Å². The second-order valence-electron chi connectivity index (χ2n) is 6.74. The lowest BCUT2D eigenvalue weighted by Crippen LogP contribution is -2.41. The molecule has 2 N–H and O–H groups in total. The van der Waals surface area contributed by atoms with E-state index < -0.39 is 45.6 Å². The Labute approximate surface area is 156 Å². The molecule has 8 nitrogen and oxygen atoms in total.